The number of nitrogens with zero attached hydrogens (tertiary/aromatic N) is 4. The highest BCUT2D eigenvalue weighted by atomic mass is 19.1. The molecule has 0 saturated carbocycles. The highest BCUT2D eigenvalue weighted by Crippen LogP contribution is 2.31. The molecule has 4 aliphatic heterocycles. The molecule has 0 aliphatic carbocycles. The van der Waals surface area contributed by atoms with Gasteiger partial charge in [0, 0.05) is 76.6 Å². The zero-order chi connectivity index (χ0) is 32.5. The number of imide groups is 2. The summed E-state index contributed by atoms with van der Waals surface area (Å²) in [5, 5.41) is 5.16. The van der Waals surface area contributed by atoms with Crippen LogP contribution in [-0.2, 0) is 9.59 Å². The molecule has 0 bridgehead atoms. The number of carbonyl (C=O) groups is 5. The van der Waals surface area contributed by atoms with E-state index in [1.807, 2.05) is 6.07 Å². The van der Waals surface area contributed by atoms with Crippen LogP contribution in [0.3, 0.4) is 0 Å². The number of anilines is 2. The standard InChI is InChI=1S/C32H38FN7O6/c1-46-21-17-24(28(33)25(34)18-21)29(42)35-19-6-8-37(9-7-19)10-11-38-12-14-39(15-13-38)20-2-3-22-23(16-20)32(45)40(31(22)44)26-4-5-27(41)36-30(26)43/h2-3,16-19,26H,4-15,34H2,1H3,(H,35,42)(H,36,41,43). The number of benzene rings is 2. The van der Waals surface area contributed by atoms with Gasteiger partial charge >= 0.3 is 0 Å². The molecule has 2 aromatic carbocycles. The number of methoxy groups -OCH3 is 1. The number of ether oxygens (including phenoxy) is 1. The lowest BCUT2D eigenvalue weighted by atomic mass is 10.0. The van der Waals surface area contributed by atoms with E-state index in [0.29, 0.717) is 5.75 Å². The molecule has 1 unspecified atom stereocenters. The Balaban J connectivity index is 0.953. The first-order valence-electron chi connectivity index (χ1n) is 15.6. The highest BCUT2D eigenvalue weighted by Gasteiger charge is 2.44. The van der Waals surface area contributed by atoms with E-state index in [1.165, 1.54) is 19.2 Å². The summed E-state index contributed by atoms with van der Waals surface area (Å²) in [4.78, 5) is 70.8. The first-order valence-corrected chi connectivity index (χ1v) is 15.6. The van der Waals surface area contributed by atoms with Crippen LogP contribution in [0.15, 0.2) is 30.3 Å². The van der Waals surface area contributed by atoms with Crippen LogP contribution in [0, 0.1) is 5.82 Å². The zero-order valence-corrected chi connectivity index (χ0v) is 25.7. The maximum Gasteiger partial charge on any atom is 0.262 e. The van der Waals surface area contributed by atoms with E-state index in [0.717, 1.165) is 75.8 Å². The molecule has 4 N–H and O–H groups in total. The van der Waals surface area contributed by atoms with Gasteiger partial charge in [-0.15, -0.1) is 0 Å². The van der Waals surface area contributed by atoms with Crippen LogP contribution in [0.1, 0.15) is 56.8 Å². The Bertz CT molecular complexity index is 1570. The Morgan fingerprint density at radius 1 is 0.935 bits per heavy atom. The molecule has 0 spiro atoms. The van der Waals surface area contributed by atoms with Crippen molar-refractivity contribution in [1.82, 2.24) is 25.3 Å². The summed E-state index contributed by atoms with van der Waals surface area (Å²) in [7, 11) is 1.44. The number of rotatable bonds is 8. The summed E-state index contributed by atoms with van der Waals surface area (Å²) >= 11 is 0. The summed E-state index contributed by atoms with van der Waals surface area (Å²) in [5.41, 5.74) is 6.86. The molecule has 5 amide bonds. The molecular weight excluding hydrogens is 597 g/mol. The minimum absolute atomic E-state index is 0.0512. The SMILES string of the molecule is COc1cc(N)c(F)c(C(=O)NC2CCN(CCN3CCN(c4ccc5c(c4)C(=O)N(C4CCC(=O)NC4=O)C5=O)CC3)CC2)c1. The first kappa shape index (κ1) is 31.4. The van der Waals surface area contributed by atoms with E-state index in [9.17, 15) is 28.4 Å². The Hall–Kier alpha value is -4.56. The van der Waals surface area contributed by atoms with Crippen molar-refractivity contribution in [2.75, 3.05) is 70.1 Å². The number of nitrogens with two attached hydrogens (primary N) is 1. The molecule has 3 saturated heterocycles. The number of likely N-dealkylation sites (tertiary alicyclic amines) is 1. The van der Waals surface area contributed by atoms with Gasteiger partial charge in [0.1, 0.15) is 11.8 Å². The van der Waals surface area contributed by atoms with Crippen LogP contribution in [-0.4, -0.2) is 116 Å². The number of piperidine rings is 2. The van der Waals surface area contributed by atoms with Gasteiger partial charge in [-0.2, -0.15) is 0 Å². The van der Waals surface area contributed by atoms with Gasteiger partial charge in [-0.05, 0) is 43.5 Å². The molecule has 0 radical (unpaired) electrons. The van der Waals surface area contributed by atoms with Gasteiger partial charge in [0.2, 0.25) is 11.8 Å². The minimum atomic E-state index is -0.981. The molecule has 4 heterocycles. The van der Waals surface area contributed by atoms with Crippen molar-refractivity contribution in [3.05, 3.63) is 52.8 Å². The van der Waals surface area contributed by atoms with Crippen molar-refractivity contribution >= 4 is 40.9 Å². The summed E-state index contributed by atoms with van der Waals surface area (Å²) in [6.45, 7) is 6.65. The number of amides is 5. The van der Waals surface area contributed by atoms with Crippen LogP contribution in [0.25, 0.3) is 0 Å². The lowest BCUT2D eigenvalue weighted by Crippen LogP contribution is -2.54. The van der Waals surface area contributed by atoms with Crippen molar-refractivity contribution in [2.45, 2.75) is 37.8 Å². The zero-order valence-electron chi connectivity index (χ0n) is 25.7. The number of hydrogen-bond acceptors (Lipinski definition) is 10. The quantitative estimate of drug-likeness (QED) is 0.280. The van der Waals surface area contributed by atoms with Crippen molar-refractivity contribution in [3.8, 4) is 5.75 Å². The predicted molar refractivity (Wildman–Crippen MR) is 166 cm³/mol. The number of halogens is 1. The summed E-state index contributed by atoms with van der Waals surface area (Å²) in [6, 6.07) is 6.90. The molecule has 1 atom stereocenters. The lowest BCUT2D eigenvalue weighted by Gasteiger charge is -2.38. The molecule has 46 heavy (non-hydrogen) atoms. The molecule has 4 aliphatic rings. The van der Waals surface area contributed by atoms with Crippen LogP contribution >= 0.6 is 0 Å². The van der Waals surface area contributed by atoms with E-state index in [-0.39, 0.29) is 41.3 Å². The normalized spacial score (nSPS) is 21.4. The molecule has 6 rings (SSSR count). The van der Waals surface area contributed by atoms with Gasteiger partial charge in [-0.25, -0.2) is 4.39 Å². The third-order valence-corrected chi connectivity index (χ3v) is 9.37. The Morgan fingerprint density at radius 2 is 1.61 bits per heavy atom. The monoisotopic (exact) mass is 635 g/mol. The second-order valence-corrected chi connectivity index (χ2v) is 12.2. The van der Waals surface area contributed by atoms with E-state index in [4.69, 9.17) is 10.5 Å². The number of fused-ring (bicyclic) bond motifs is 1. The average molecular weight is 636 g/mol. The molecule has 13 nitrogen and oxygen atoms in total. The molecule has 3 fully saturated rings. The lowest BCUT2D eigenvalue weighted by molar-refractivity contribution is -0.136. The Kier molecular flexibility index (Phi) is 8.91. The van der Waals surface area contributed by atoms with Gasteiger partial charge in [0.15, 0.2) is 5.82 Å². The minimum Gasteiger partial charge on any atom is -0.497 e. The second-order valence-electron chi connectivity index (χ2n) is 12.2. The van der Waals surface area contributed by atoms with Gasteiger partial charge in [0.05, 0.1) is 29.5 Å². The summed E-state index contributed by atoms with van der Waals surface area (Å²) in [6.07, 6.45) is 1.74. The molecular formula is C32H38FN7O6. The largest absolute Gasteiger partial charge is 0.497 e. The molecule has 0 aromatic heterocycles. The number of nitrogens with one attached hydrogen (secondary N) is 2. The van der Waals surface area contributed by atoms with Crippen molar-refractivity contribution in [2.24, 2.45) is 0 Å². The van der Waals surface area contributed by atoms with Crippen molar-refractivity contribution in [1.29, 1.82) is 0 Å². The van der Waals surface area contributed by atoms with E-state index in [2.05, 4.69) is 25.3 Å². The van der Waals surface area contributed by atoms with E-state index < -0.39 is 41.4 Å². The maximum absolute atomic E-state index is 14.5. The third-order valence-electron chi connectivity index (χ3n) is 9.37. The highest BCUT2D eigenvalue weighted by molar-refractivity contribution is 6.23. The second kappa shape index (κ2) is 13.0. The number of hydrogen-bond donors (Lipinski definition) is 3. The molecule has 14 heteroatoms. The van der Waals surface area contributed by atoms with Crippen LogP contribution < -0.4 is 26.0 Å². The fraction of sp³-hybridized carbons (Fsp3) is 0.469. The van der Waals surface area contributed by atoms with Gasteiger partial charge in [-0.3, -0.25) is 39.1 Å². The third kappa shape index (κ3) is 6.27. The smallest absolute Gasteiger partial charge is 0.262 e. The van der Waals surface area contributed by atoms with E-state index in [1.54, 1.807) is 12.1 Å². The van der Waals surface area contributed by atoms with Crippen LogP contribution in [0.5, 0.6) is 5.75 Å². The van der Waals surface area contributed by atoms with Crippen molar-refractivity contribution < 1.29 is 33.1 Å². The van der Waals surface area contributed by atoms with E-state index >= 15 is 0 Å². The Morgan fingerprint density at radius 3 is 2.28 bits per heavy atom. The maximum atomic E-state index is 14.5. The average Bonchev–Trinajstić information content (AvgIpc) is 3.30. The Labute approximate surface area is 265 Å². The van der Waals surface area contributed by atoms with Crippen LogP contribution in [0.2, 0.25) is 0 Å². The topological polar surface area (TPSA) is 158 Å². The predicted octanol–water partition coefficient (Wildman–Crippen LogP) is 0.834. The van der Waals surface area contributed by atoms with Gasteiger partial charge in [0.25, 0.3) is 17.7 Å². The summed E-state index contributed by atoms with van der Waals surface area (Å²) < 4.78 is 19.6. The van der Waals surface area contributed by atoms with Gasteiger partial charge < -0.3 is 25.6 Å². The number of piperazine rings is 1. The summed E-state index contributed by atoms with van der Waals surface area (Å²) in [5.74, 6) is -2.94. The van der Waals surface area contributed by atoms with Gasteiger partial charge in [-0.1, -0.05) is 0 Å². The van der Waals surface area contributed by atoms with Crippen LogP contribution in [0.4, 0.5) is 15.8 Å². The first-order chi connectivity index (χ1) is 22.1. The molecule has 2 aromatic rings. The fourth-order valence-corrected chi connectivity index (χ4v) is 6.63. The fourth-order valence-electron chi connectivity index (χ4n) is 6.63. The number of carbonyl (C=O) groups excluding carboxylic acids is 5. The van der Waals surface area contributed by atoms with Crippen molar-refractivity contribution in [3.63, 3.8) is 0 Å². The number of nitrogen functional groups attached to an aromatic ring is 1. The molecule has 244 valence electrons.